The van der Waals surface area contributed by atoms with Gasteiger partial charge in [0.2, 0.25) is 5.91 Å². The van der Waals surface area contributed by atoms with E-state index in [2.05, 4.69) is 5.32 Å². The number of hydrogen-bond donors (Lipinski definition) is 1. The maximum atomic E-state index is 13.4. The quantitative estimate of drug-likeness (QED) is 0.465. The van der Waals surface area contributed by atoms with Gasteiger partial charge in [-0.15, -0.1) is 0 Å². The van der Waals surface area contributed by atoms with E-state index in [4.69, 9.17) is 16.3 Å². The fraction of sp³-hybridized carbons (Fsp3) is 0.259. The Labute approximate surface area is 200 Å². The van der Waals surface area contributed by atoms with Gasteiger partial charge < -0.3 is 15.0 Å². The zero-order valence-corrected chi connectivity index (χ0v) is 19.7. The molecule has 0 aromatic heterocycles. The molecule has 0 saturated heterocycles. The van der Waals surface area contributed by atoms with Crippen molar-refractivity contribution in [3.8, 4) is 5.75 Å². The lowest BCUT2D eigenvalue weighted by molar-refractivity contribution is -0.143. The summed E-state index contributed by atoms with van der Waals surface area (Å²) in [4.78, 5) is 28.3. The highest BCUT2D eigenvalue weighted by atomic mass is 35.5. The second kappa shape index (κ2) is 12.1. The average molecular weight is 465 g/mol. The number of amides is 2. The van der Waals surface area contributed by atoms with Crippen molar-refractivity contribution in [2.45, 2.75) is 38.9 Å². The molecule has 0 bridgehead atoms. The number of benzene rings is 3. The first-order valence-electron chi connectivity index (χ1n) is 11.0. The molecule has 6 heteroatoms. The number of para-hydroxylation sites is 1. The van der Waals surface area contributed by atoms with E-state index in [1.54, 1.807) is 23.1 Å². The van der Waals surface area contributed by atoms with E-state index >= 15 is 0 Å². The Bertz CT molecular complexity index is 1040. The van der Waals surface area contributed by atoms with Gasteiger partial charge in [-0.1, -0.05) is 78.3 Å². The largest absolute Gasteiger partial charge is 0.484 e. The summed E-state index contributed by atoms with van der Waals surface area (Å²) in [6.07, 6.45) is 0.376. The summed E-state index contributed by atoms with van der Waals surface area (Å²) in [5, 5.41) is 3.51. The molecule has 0 fully saturated rings. The van der Waals surface area contributed by atoms with E-state index < -0.39 is 6.04 Å². The van der Waals surface area contributed by atoms with Crippen molar-refractivity contribution in [1.29, 1.82) is 0 Å². The molecule has 0 heterocycles. The summed E-state index contributed by atoms with van der Waals surface area (Å²) in [6.45, 7) is 3.81. The fourth-order valence-electron chi connectivity index (χ4n) is 3.49. The molecular weight excluding hydrogens is 436 g/mol. The Morgan fingerprint density at radius 3 is 2.15 bits per heavy atom. The van der Waals surface area contributed by atoms with Crippen LogP contribution < -0.4 is 10.1 Å². The van der Waals surface area contributed by atoms with Crippen molar-refractivity contribution in [3.63, 3.8) is 0 Å². The number of hydrogen-bond acceptors (Lipinski definition) is 3. The van der Waals surface area contributed by atoms with Gasteiger partial charge in [-0.2, -0.15) is 0 Å². The summed E-state index contributed by atoms with van der Waals surface area (Å²) in [5.41, 5.74) is 1.73. The number of rotatable bonds is 10. The Kier molecular flexibility index (Phi) is 8.90. The highest BCUT2D eigenvalue weighted by Gasteiger charge is 2.31. The molecule has 0 aliphatic heterocycles. The van der Waals surface area contributed by atoms with Gasteiger partial charge in [-0.05, 0) is 43.2 Å². The van der Waals surface area contributed by atoms with Crippen LogP contribution >= 0.6 is 11.6 Å². The lowest BCUT2D eigenvalue weighted by atomic mass is 10.0. The molecule has 3 aromatic rings. The van der Waals surface area contributed by atoms with Gasteiger partial charge in [-0.3, -0.25) is 9.59 Å². The number of carbonyl (C=O) groups excluding carboxylic acids is 2. The monoisotopic (exact) mass is 464 g/mol. The van der Waals surface area contributed by atoms with Crippen LogP contribution in [0.1, 0.15) is 25.0 Å². The molecule has 33 heavy (non-hydrogen) atoms. The molecule has 0 radical (unpaired) electrons. The third kappa shape index (κ3) is 7.36. The van der Waals surface area contributed by atoms with Gasteiger partial charge in [0, 0.05) is 24.0 Å². The second-order valence-electron chi connectivity index (χ2n) is 8.08. The topological polar surface area (TPSA) is 58.6 Å². The van der Waals surface area contributed by atoms with Gasteiger partial charge >= 0.3 is 0 Å². The number of nitrogens with one attached hydrogen (secondary N) is 1. The molecular formula is C27H29ClN2O3. The minimum atomic E-state index is -0.724. The Morgan fingerprint density at radius 1 is 0.909 bits per heavy atom. The van der Waals surface area contributed by atoms with Gasteiger partial charge in [0.1, 0.15) is 11.8 Å². The molecule has 0 aliphatic rings. The second-order valence-corrected chi connectivity index (χ2v) is 8.49. The van der Waals surface area contributed by atoms with E-state index in [0.29, 0.717) is 17.2 Å². The standard InChI is InChI=1S/C27H29ClN2O3/c1-20(2)29-27(32)25(17-21-11-5-3-6-12-21)30(18-22-13-9-10-16-24(22)28)26(31)19-33-23-14-7-4-8-15-23/h3-16,20,25H,17-19H2,1-2H3,(H,29,32)/t25-/m1/s1. The van der Waals surface area contributed by atoms with Crippen molar-refractivity contribution in [2.24, 2.45) is 0 Å². The first-order chi connectivity index (χ1) is 15.9. The smallest absolute Gasteiger partial charge is 0.261 e. The predicted molar refractivity (Wildman–Crippen MR) is 131 cm³/mol. The average Bonchev–Trinajstić information content (AvgIpc) is 2.81. The lowest BCUT2D eigenvalue weighted by Gasteiger charge is -2.32. The molecule has 0 aliphatic carbocycles. The zero-order valence-electron chi connectivity index (χ0n) is 18.9. The molecule has 3 rings (SSSR count). The van der Waals surface area contributed by atoms with Gasteiger partial charge in [0.25, 0.3) is 5.91 Å². The molecule has 0 unspecified atom stereocenters. The zero-order chi connectivity index (χ0) is 23.6. The molecule has 2 amide bonds. The minimum Gasteiger partial charge on any atom is -0.484 e. The number of nitrogens with zero attached hydrogens (tertiary/aromatic N) is 1. The van der Waals surface area contributed by atoms with Crippen LogP contribution in [-0.4, -0.2) is 35.4 Å². The van der Waals surface area contributed by atoms with Gasteiger partial charge in [0.15, 0.2) is 6.61 Å². The van der Waals surface area contributed by atoms with E-state index in [-0.39, 0.29) is 31.0 Å². The maximum Gasteiger partial charge on any atom is 0.261 e. The molecule has 5 nitrogen and oxygen atoms in total. The lowest BCUT2D eigenvalue weighted by Crippen LogP contribution is -2.52. The van der Waals surface area contributed by atoms with Crippen LogP contribution in [0.4, 0.5) is 0 Å². The maximum absolute atomic E-state index is 13.4. The minimum absolute atomic E-state index is 0.0615. The van der Waals surface area contributed by atoms with Crippen LogP contribution in [0.2, 0.25) is 5.02 Å². The van der Waals surface area contributed by atoms with E-state index in [0.717, 1.165) is 11.1 Å². The first kappa shape index (κ1) is 24.3. The van der Waals surface area contributed by atoms with Gasteiger partial charge in [0.05, 0.1) is 0 Å². The summed E-state index contributed by atoms with van der Waals surface area (Å²) >= 11 is 6.40. The van der Waals surface area contributed by atoms with Crippen LogP contribution in [-0.2, 0) is 22.6 Å². The van der Waals surface area contributed by atoms with Crippen LogP contribution in [0.25, 0.3) is 0 Å². The van der Waals surface area contributed by atoms with E-state index in [9.17, 15) is 9.59 Å². The Balaban J connectivity index is 1.91. The molecule has 3 aromatic carbocycles. The molecule has 1 N–H and O–H groups in total. The number of halogens is 1. The number of carbonyl (C=O) groups is 2. The highest BCUT2D eigenvalue weighted by Crippen LogP contribution is 2.21. The van der Waals surface area contributed by atoms with Crippen molar-refractivity contribution in [3.05, 3.63) is 101 Å². The van der Waals surface area contributed by atoms with Crippen molar-refractivity contribution >= 4 is 23.4 Å². The first-order valence-corrected chi connectivity index (χ1v) is 11.4. The fourth-order valence-corrected chi connectivity index (χ4v) is 3.69. The third-order valence-corrected chi connectivity index (χ3v) is 5.47. The molecule has 0 spiro atoms. The third-order valence-electron chi connectivity index (χ3n) is 5.11. The van der Waals surface area contributed by atoms with E-state index in [1.807, 2.05) is 80.6 Å². The number of ether oxygens (including phenoxy) is 1. The van der Waals surface area contributed by atoms with Gasteiger partial charge in [-0.25, -0.2) is 0 Å². The van der Waals surface area contributed by atoms with Crippen molar-refractivity contribution < 1.29 is 14.3 Å². The van der Waals surface area contributed by atoms with Crippen molar-refractivity contribution in [2.75, 3.05) is 6.61 Å². The molecule has 172 valence electrons. The van der Waals surface area contributed by atoms with Crippen LogP contribution in [0.5, 0.6) is 5.75 Å². The van der Waals surface area contributed by atoms with Crippen LogP contribution in [0, 0.1) is 0 Å². The highest BCUT2D eigenvalue weighted by molar-refractivity contribution is 6.31. The van der Waals surface area contributed by atoms with Crippen LogP contribution in [0.3, 0.4) is 0 Å². The summed E-state index contributed by atoms with van der Waals surface area (Å²) in [5.74, 6) is 0.0855. The summed E-state index contributed by atoms with van der Waals surface area (Å²) in [7, 11) is 0. The Hall–Kier alpha value is -3.31. The van der Waals surface area contributed by atoms with Crippen molar-refractivity contribution in [1.82, 2.24) is 10.2 Å². The normalized spacial score (nSPS) is 11.6. The summed E-state index contributed by atoms with van der Waals surface area (Å²) < 4.78 is 5.72. The Morgan fingerprint density at radius 2 is 1.52 bits per heavy atom. The summed E-state index contributed by atoms with van der Waals surface area (Å²) in [6, 6.07) is 25.4. The SMILES string of the molecule is CC(C)NC(=O)[C@@H](Cc1ccccc1)N(Cc1ccccc1Cl)C(=O)COc1ccccc1. The molecule has 1 atom stereocenters. The predicted octanol–water partition coefficient (Wildman–Crippen LogP) is 4.88. The van der Waals surface area contributed by atoms with Crippen LogP contribution in [0.15, 0.2) is 84.9 Å². The molecule has 0 saturated carbocycles. The van der Waals surface area contributed by atoms with E-state index in [1.165, 1.54) is 0 Å².